The number of rotatable bonds is 5. The largest absolute Gasteiger partial charge is 0.451 e. The fourth-order valence-electron chi connectivity index (χ4n) is 2.85. The molecule has 1 aliphatic carbocycles. The number of hydrogen-bond acceptors (Lipinski definition) is 4. The molecule has 0 aliphatic heterocycles. The Morgan fingerprint density at radius 1 is 1.17 bits per heavy atom. The molecule has 5 heteroatoms. The second-order valence-electron chi connectivity index (χ2n) is 6.08. The van der Waals surface area contributed by atoms with Crippen molar-refractivity contribution in [3.8, 4) is 0 Å². The van der Waals surface area contributed by atoms with Crippen LogP contribution in [0.5, 0.6) is 0 Å². The van der Waals surface area contributed by atoms with Gasteiger partial charge in [-0.1, -0.05) is 30.3 Å². The van der Waals surface area contributed by atoms with Crippen molar-refractivity contribution < 1.29 is 14.3 Å². The maximum absolute atomic E-state index is 12.2. The summed E-state index contributed by atoms with van der Waals surface area (Å²) in [5.74, 6) is -0.593. The minimum absolute atomic E-state index is 0.200. The average molecular weight is 343 g/mol. The summed E-state index contributed by atoms with van der Waals surface area (Å²) in [6.45, 7) is 0.287. The van der Waals surface area contributed by atoms with Crippen LogP contribution >= 0.6 is 11.3 Å². The van der Waals surface area contributed by atoms with E-state index in [-0.39, 0.29) is 12.5 Å². The number of carbonyl (C=O) groups is 2. The molecular weight excluding hydrogens is 322 g/mol. The molecule has 1 aromatic heterocycles. The zero-order chi connectivity index (χ0) is 16.9. The highest BCUT2D eigenvalue weighted by molar-refractivity contribution is 7.14. The van der Waals surface area contributed by atoms with E-state index in [1.807, 2.05) is 36.4 Å². The molecule has 126 valence electrons. The monoisotopic (exact) mass is 343 g/mol. The Labute approximate surface area is 146 Å². The fourth-order valence-corrected chi connectivity index (χ4v) is 3.99. The quantitative estimate of drug-likeness (QED) is 0.781. The lowest BCUT2D eigenvalue weighted by Gasteiger charge is -2.17. The molecule has 1 amide bonds. The van der Waals surface area contributed by atoms with E-state index in [9.17, 15) is 9.59 Å². The molecule has 0 radical (unpaired) electrons. The van der Waals surface area contributed by atoms with Crippen molar-refractivity contribution in [2.75, 3.05) is 13.7 Å². The summed E-state index contributed by atoms with van der Waals surface area (Å²) < 4.78 is 5.21. The molecular formula is C19H21NO3S. The first kappa shape index (κ1) is 16.7. The van der Waals surface area contributed by atoms with Gasteiger partial charge < -0.3 is 9.64 Å². The molecule has 0 fully saturated rings. The molecule has 1 aliphatic rings. The van der Waals surface area contributed by atoms with E-state index in [0.717, 1.165) is 18.4 Å². The Balaban J connectivity index is 1.52. The van der Waals surface area contributed by atoms with Crippen molar-refractivity contribution in [1.29, 1.82) is 0 Å². The van der Waals surface area contributed by atoms with E-state index in [4.69, 9.17) is 4.74 Å². The highest BCUT2D eigenvalue weighted by Crippen LogP contribution is 2.30. The molecule has 24 heavy (non-hydrogen) atoms. The Morgan fingerprint density at radius 2 is 1.92 bits per heavy atom. The van der Waals surface area contributed by atoms with Gasteiger partial charge in [0.15, 0.2) is 6.61 Å². The number of amides is 1. The molecule has 0 spiro atoms. The van der Waals surface area contributed by atoms with E-state index in [1.54, 1.807) is 11.9 Å². The van der Waals surface area contributed by atoms with E-state index in [2.05, 4.69) is 0 Å². The topological polar surface area (TPSA) is 46.6 Å². The Kier molecular flexibility index (Phi) is 5.30. The lowest BCUT2D eigenvalue weighted by Crippen LogP contribution is -2.30. The number of likely N-dealkylation sites (N-methyl/N-ethyl adjacent to an activating group) is 1. The first-order valence-corrected chi connectivity index (χ1v) is 9.02. The standard InChI is InChI=1S/C19H21NO3S/c1-20(12-14-7-3-2-4-8-14)18(21)13-23-19(22)17-11-15-9-5-6-10-16(15)24-17/h2-4,7-8,11H,5-6,9-10,12-13H2,1H3. The number of nitrogens with zero attached hydrogens (tertiary/aromatic N) is 1. The molecule has 0 N–H and O–H groups in total. The Bertz CT molecular complexity index is 700. The van der Waals surface area contributed by atoms with Gasteiger partial charge in [-0.15, -0.1) is 11.3 Å². The second-order valence-corrected chi connectivity index (χ2v) is 7.21. The van der Waals surface area contributed by atoms with Gasteiger partial charge in [0, 0.05) is 18.5 Å². The predicted molar refractivity (Wildman–Crippen MR) is 94.2 cm³/mol. The minimum atomic E-state index is -0.393. The van der Waals surface area contributed by atoms with E-state index >= 15 is 0 Å². The van der Waals surface area contributed by atoms with E-state index in [1.165, 1.54) is 34.6 Å². The zero-order valence-electron chi connectivity index (χ0n) is 13.8. The molecule has 1 heterocycles. The van der Waals surface area contributed by atoms with Crippen molar-refractivity contribution in [2.45, 2.75) is 32.2 Å². The third-order valence-electron chi connectivity index (χ3n) is 4.21. The predicted octanol–water partition coefficient (Wildman–Crippen LogP) is 3.44. The van der Waals surface area contributed by atoms with Crippen LogP contribution in [0.3, 0.4) is 0 Å². The lowest BCUT2D eigenvalue weighted by molar-refractivity contribution is -0.133. The maximum Gasteiger partial charge on any atom is 0.348 e. The first-order chi connectivity index (χ1) is 11.6. The number of carbonyl (C=O) groups excluding carboxylic acids is 2. The summed E-state index contributed by atoms with van der Waals surface area (Å²) >= 11 is 1.51. The van der Waals surface area contributed by atoms with Gasteiger partial charge in [-0.3, -0.25) is 4.79 Å². The number of benzene rings is 1. The van der Waals surface area contributed by atoms with Crippen LogP contribution in [0.1, 0.15) is 38.5 Å². The van der Waals surface area contributed by atoms with Crippen LogP contribution in [0.25, 0.3) is 0 Å². The third-order valence-corrected chi connectivity index (χ3v) is 5.43. The molecule has 4 nitrogen and oxygen atoms in total. The van der Waals surface area contributed by atoms with E-state index < -0.39 is 5.97 Å². The van der Waals surface area contributed by atoms with Crippen LogP contribution in [-0.4, -0.2) is 30.4 Å². The summed E-state index contributed by atoms with van der Waals surface area (Å²) in [7, 11) is 1.72. The van der Waals surface area contributed by atoms with Gasteiger partial charge in [0.1, 0.15) is 4.88 Å². The lowest BCUT2D eigenvalue weighted by atomic mass is 9.99. The van der Waals surface area contributed by atoms with Crippen molar-refractivity contribution in [3.63, 3.8) is 0 Å². The van der Waals surface area contributed by atoms with Crippen LogP contribution in [-0.2, 0) is 28.9 Å². The molecule has 2 aromatic rings. The van der Waals surface area contributed by atoms with Crippen LogP contribution in [0.4, 0.5) is 0 Å². The minimum Gasteiger partial charge on any atom is -0.451 e. The van der Waals surface area contributed by atoms with Gasteiger partial charge >= 0.3 is 5.97 Å². The molecule has 0 saturated carbocycles. The molecule has 0 saturated heterocycles. The third kappa shape index (κ3) is 4.03. The van der Waals surface area contributed by atoms with Crippen LogP contribution in [0.2, 0.25) is 0 Å². The van der Waals surface area contributed by atoms with Gasteiger partial charge in [0.25, 0.3) is 5.91 Å². The number of ether oxygens (including phenoxy) is 1. The maximum atomic E-state index is 12.2. The normalized spacial score (nSPS) is 13.2. The Hall–Kier alpha value is -2.14. The van der Waals surface area contributed by atoms with Gasteiger partial charge in [-0.05, 0) is 42.9 Å². The van der Waals surface area contributed by atoms with Crippen molar-refractivity contribution in [3.05, 3.63) is 57.3 Å². The molecule has 1 aromatic carbocycles. The van der Waals surface area contributed by atoms with Crippen LogP contribution < -0.4 is 0 Å². The number of esters is 1. The van der Waals surface area contributed by atoms with Gasteiger partial charge in [0.2, 0.25) is 0 Å². The summed E-state index contributed by atoms with van der Waals surface area (Å²) in [5.41, 5.74) is 2.32. The van der Waals surface area contributed by atoms with Gasteiger partial charge in [0.05, 0.1) is 0 Å². The highest BCUT2D eigenvalue weighted by Gasteiger charge is 2.19. The first-order valence-electron chi connectivity index (χ1n) is 8.20. The van der Waals surface area contributed by atoms with Crippen LogP contribution in [0.15, 0.2) is 36.4 Å². The number of aryl methyl sites for hydroxylation is 2. The summed E-state index contributed by atoms with van der Waals surface area (Å²) in [5, 5.41) is 0. The SMILES string of the molecule is CN(Cc1ccccc1)C(=O)COC(=O)c1cc2c(s1)CCCC2. The summed E-state index contributed by atoms with van der Waals surface area (Å²) in [6, 6.07) is 11.7. The smallest absolute Gasteiger partial charge is 0.348 e. The number of fused-ring (bicyclic) bond motifs is 1. The Morgan fingerprint density at radius 3 is 2.67 bits per heavy atom. The van der Waals surface area contributed by atoms with Gasteiger partial charge in [-0.2, -0.15) is 0 Å². The van der Waals surface area contributed by atoms with Crippen molar-refractivity contribution in [2.24, 2.45) is 0 Å². The number of thiophene rings is 1. The fraction of sp³-hybridized carbons (Fsp3) is 0.368. The molecule has 0 bridgehead atoms. The summed E-state index contributed by atoms with van der Waals surface area (Å²) in [4.78, 5) is 27.8. The van der Waals surface area contributed by atoms with E-state index in [0.29, 0.717) is 11.4 Å². The summed E-state index contributed by atoms with van der Waals surface area (Å²) in [6.07, 6.45) is 4.45. The van der Waals surface area contributed by atoms with Gasteiger partial charge in [-0.25, -0.2) is 4.79 Å². The second kappa shape index (κ2) is 7.62. The average Bonchev–Trinajstić information content (AvgIpc) is 3.04. The molecule has 3 rings (SSSR count). The zero-order valence-corrected chi connectivity index (χ0v) is 14.6. The molecule has 0 unspecified atom stereocenters. The molecule has 0 atom stereocenters. The van der Waals surface area contributed by atoms with Crippen molar-refractivity contribution in [1.82, 2.24) is 4.90 Å². The van der Waals surface area contributed by atoms with Crippen LogP contribution in [0, 0.1) is 0 Å². The number of hydrogen-bond donors (Lipinski definition) is 0. The van der Waals surface area contributed by atoms with Crippen molar-refractivity contribution >= 4 is 23.2 Å². The highest BCUT2D eigenvalue weighted by atomic mass is 32.1.